The lowest BCUT2D eigenvalue weighted by Crippen LogP contribution is -2.20. The second-order valence-corrected chi connectivity index (χ2v) is 4.19. The summed E-state index contributed by atoms with van der Waals surface area (Å²) in [6, 6.07) is 9.33. The Hall–Kier alpha value is -0.530. The van der Waals surface area contributed by atoms with Gasteiger partial charge in [0.25, 0.3) is 0 Å². The molecule has 0 radical (unpaired) electrons. The van der Waals surface area contributed by atoms with Gasteiger partial charge in [-0.25, -0.2) is 0 Å². The third-order valence-corrected chi connectivity index (χ3v) is 2.90. The van der Waals surface area contributed by atoms with Gasteiger partial charge in [-0.2, -0.15) is 0 Å². The van der Waals surface area contributed by atoms with Crippen molar-refractivity contribution in [2.75, 3.05) is 0 Å². The van der Waals surface area contributed by atoms with Gasteiger partial charge in [-0.1, -0.05) is 23.7 Å². The average Bonchev–Trinajstić information content (AvgIpc) is 2.53. The maximum absolute atomic E-state index is 5.83. The molecule has 0 unspecified atom stereocenters. The van der Waals surface area contributed by atoms with Gasteiger partial charge >= 0.3 is 0 Å². The molecule has 2 atom stereocenters. The Kier molecular flexibility index (Phi) is 2.56. The molecule has 1 aromatic carbocycles. The van der Waals surface area contributed by atoms with Crippen LogP contribution in [0.15, 0.2) is 24.3 Å². The van der Waals surface area contributed by atoms with Crippen LogP contribution in [0, 0.1) is 0 Å². The molecular formula is C11H14ClN. The van der Waals surface area contributed by atoms with Crippen molar-refractivity contribution in [1.29, 1.82) is 0 Å². The van der Waals surface area contributed by atoms with E-state index in [4.69, 9.17) is 11.6 Å². The van der Waals surface area contributed by atoms with E-state index in [1.807, 2.05) is 12.1 Å². The summed E-state index contributed by atoms with van der Waals surface area (Å²) in [6.45, 7) is 2.23. The first-order valence-corrected chi connectivity index (χ1v) is 5.15. The van der Waals surface area contributed by atoms with Crippen LogP contribution in [-0.2, 0) is 0 Å². The zero-order valence-corrected chi connectivity index (χ0v) is 8.51. The van der Waals surface area contributed by atoms with Crippen molar-refractivity contribution in [3.05, 3.63) is 34.9 Å². The first kappa shape index (κ1) is 9.04. The van der Waals surface area contributed by atoms with E-state index < -0.39 is 0 Å². The van der Waals surface area contributed by atoms with Gasteiger partial charge in [-0.3, -0.25) is 0 Å². The van der Waals surface area contributed by atoms with Crippen molar-refractivity contribution in [3.8, 4) is 0 Å². The Balaban J connectivity index is 2.13. The smallest absolute Gasteiger partial charge is 0.0406 e. The van der Waals surface area contributed by atoms with E-state index in [0.717, 1.165) is 5.02 Å². The van der Waals surface area contributed by atoms with Crippen LogP contribution in [0.4, 0.5) is 0 Å². The summed E-state index contributed by atoms with van der Waals surface area (Å²) < 4.78 is 0. The number of hydrogen-bond donors (Lipinski definition) is 1. The third-order valence-electron chi connectivity index (χ3n) is 2.65. The normalized spacial score (nSPS) is 27.8. The van der Waals surface area contributed by atoms with Gasteiger partial charge in [-0.15, -0.1) is 0 Å². The van der Waals surface area contributed by atoms with E-state index >= 15 is 0 Å². The van der Waals surface area contributed by atoms with Crippen molar-refractivity contribution in [3.63, 3.8) is 0 Å². The highest BCUT2D eigenvalue weighted by Gasteiger charge is 2.20. The van der Waals surface area contributed by atoms with Crippen LogP contribution in [0.25, 0.3) is 0 Å². The van der Waals surface area contributed by atoms with E-state index in [2.05, 4.69) is 24.4 Å². The molecule has 1 aliphatic rings. The topological polar surface area (TPSA) is 12.0 Å². The van der Waals surface area contributed by atoms with Crippen molar-refractivity contribution < 1.29 is 0 Å². The predicted octanol–water partition coefficient (Wildman–Crippen LogP) is 3.15. The van der Waals surface area contributed by atoms with Gasteiger partial charge in [0.2, 0.25) is 0 Å². The fourth-order valence-corrected chi connectivity index (χ4v) is 2.01. The van der Waals surface area contributed by atoms with Crippen LogP contribution < -0.4 is 5.32 Å². The molecule has 1 saturated heterocycles. The van der Waals surface area contributed by atoms with E-state index in [-0.39, 0.29) is 0 Å². The Labute approximate surface area is 84.1 Å². The lowest BCUT2D eigenvalue weighted by molar-refractivity contribution is 0.585. The molecular weight excluding hydrogens is 182 g/mol. The molecule has 0 saturated carbocycles. The Morgan fingerprint density at radius 2 is 1.92 bits per heavy atom. The van der Waals surface area contributed by atoms with Crippen molar-refractivity contribution in [2.45, 2.75) is 31.8 Å². The van der Waals surface area contributed by atoms with Gasteiger partial charge in [0.1, 0.15) is 0 Å². The summed E-state index contributed by atoms with van der Waals surface area (Å²) in [5, 5.41) is 4.36. The highest BCUT2D eigenvalue weighted by molar-refractivity contribution is 6.30. The minimum Gasteiger partial charge on any atom is -0.307 e. The summed E-state index contributed by atoms with van der Waals surface area (Å²) in [5.74, 6) is 0. The molecule has 1 nitrogen and oxygen atoms in total. The summed E-state index contributed by atoms with van der Waals surface area (Å²) in [6.07, 6.45) is 2.51. The molecule has 0 aromatic heterocycles. The minimum absolute atomic E-state index is 0.535. The molecule has 0 bridgehead atoms. The number of nitrogens with one attached hydrogen (secondary N) is 1. The van der Waals surface area contributed by atoms with Crippen molar-refractivity contribution in [1.82, 2.24) is 5.32 Å². The van der Waals surface area contributed by atoms with Crippen LogP contribution in [0.1, 0.15) is 31.4 Å². The molecule has 1 aromatic rings. The van der Waals surface area contributed by atoms with E-state index in [1.165, 1.54) is 18.4 Å². The molecule has 1 fully saturated rings. The summed E-state index contributed by atoms with van der Waals surface area (Å²) in [5.41, 5.74) is 1.36. The molecule has 70 valence electrons. The molecule has 0 spiro atoms. The Bertz CT molecular complexity index is 281. The number of benzene rings is 1. The average molecular weight is 196 g/mol. The Morgan fingerprint density at radius 3 is 2.46 bits per heavy atom. The summed E-state index contributed by atoms with van der Waals surface area (Å²) in [4.78, 5) is 0. The summed E-state index contributed by atoms with van der Waals surface area (Å²) >= 11 is 5.83. The molecule has 0 amide bonds. The quantitative estimate of drug-likeness (QED) is 0.726. The molecule has 1 aliphatic heterocycles. The maximum Gasteiger partial charge on any atom is 0.0406 e. The van der Waals surface area contributed by atoms with Gasteiger partial charge in [0.15, 0.2) is 0 Å². The SMILES string of the molecule is C[C@@H]1CC[C@H](c2ccc(Cl)cc2)N1. The number of halogens is 1. The largest absolute Gasteiger partial charge is 0.307 e. The molecule has 2 heteroatoms. The zero-order valence-electron chi connectivity index (χ0n) is 7.76. The fourth-order valence-electron chi connectivity index (χ4n) is 1.88. The fraction of sp³-hybridized carbons (Fsp3) is 0.455. The second-order valence-electron chi connectivity index (χ2n) is 3.75. The summed E-state index contributed by atoms with van der Waals surface area (Å²) in [7, 11) is 0. The number of rotatable bonds is 1. The molecule has 0 aliphatic carbocycles. The Morgan fingerprint density at radius 1 is 1.23 bits per heavy atom. The van der Waals surface area contributed by atoms with Crippen LogP contribution in [-0.4, -0.2) is 6.04 Å². The number of hydrogen-bond acceptors (Lipinski definition) is 1. The van der Waals surface area contributed by atoms with Crippen LogP contribution in [0.5, 0.6) is 0 Å². The van der Waals surface area contributed by atoms with Gasteiger partial charge in [0.05, 0.1) is 0 Å². The highest BCUT2D eigenvalue weighted by Crippen LogP contribution is 2.26. The van der Waals surface area contributed by atoms with E-state index in [9.17, 15) is 0 Å². The standard InChI is InChI=1S/C11H14ClN/c1-8-2-7-11(13-8)9-3-5-10(12)6-4-9/h3-6,8,11,13H,2,7H2,1H3/t8-,11-/m1/s1. The monoisotopic (exact) mass is 195 g/mol. The van der Waals surface area contributed by atoms with Crippen LogP contribution >= 0.6 is 11.6 Å². The molecule has 2 rings (SSSR count). The van der Waals surface area contributed by atoms with Crippen LogP contribution in [0.2, 0.25) is 5.02 Å². The highest BCUT2D eigenvalue weighted by atomic mass is 35.5. The van der Waals surface area contributed by atoms with Gasteiger partial charge in [0, 0.05) is 17.1 Å². The minimum atomic E-state index is 0.535. The molecule has 1 heterocycles. The predicted molar refractivity (Wildman–Crippen MR) is 56.0 cm³/mol. The first-order chi connectivity index (χ1) is 6.25. The van der Waals surface area contributed by atoms with Gasteiger partial charge in [-0.05, 0) is 37.5 Å². The van der Waals surface area contributed by atoms with E-state index in [1.54, 1.807) is 0 Å². The molecule has 1 N–H and O–H groups in total. The van der Waals surface area contributed by atoms with E-state index in [0.29, 0.717) is 12.1 Å². The first-order valence-electron chi connectivity index (χ1n) is 4.77. The maximum atomic E-state index is 5.83. The van der Waals surface area contributed by atoms with Crippen molar-refractivity contribution in [2.24, 2.45) is 0 Å². The van der Waals surface area contributed by atoms with Gasteiger partial charge < -0.3 is 5.32 Å². The van der Waals surface area contributed by atoms with Crippen molar-refractivity contribution >= 4 is 11.6 Å². The third kappa shape index (κ3) is 2.04. The second kappa shape index (κ2) is 3.69. The lowest BCUT2D eigenvalue weighted by atomic mass is 10.1. The lowest BCUT2D eigenvalue weighted by Gasteiger charge is -2.11. The zero-order chi connectivity index (χ0) is 9.26. The van der Waals surface area contributed by atoms with Crippen LogP contribution in [0.3, 0.4) is 0 Å². The molecule has 13 heavy (non-hydrogen) atoms.